The number of methoxy groups -OCH3 is 1. The Labute approximate surface area is 213 Å². The van der Waals surface area contributed by atoms with E-state index in [9.17, 15) is 9.59 Å². The van der Waals surface area contributed by atoms with Crippen LogP contribution in [0.4, 0.5) is 16.3 Å². The summed E-state index contributed by atoms with van der Waals surface area (Å²) in [4.78, 5) is 28.3. The molecule has 36 heavy (non-hydrogen) atoms. The standard InChI is InChI=1S/C26H25ClN4O5/c1-13(35-18-11-12-28-25-15(18)8-10-20(32)30-25)7-9-17-14(2)21-23(24(21)36-17)31-26(33)29-16-5-4-6-19(34-3)22(16)27/h4-7,9,11-12,21,23-24H,2,8,10H2,1,3H3,(H,28,30,32)(H2,29,31,33)/b13-7+,17-9+/t21-,23-,24-/m0/s1. The summed E-state index contributed by atoms with van der Waals surface area (Å²) in [6, 6.07) is 6.39. The van der Waals surface area contributed by atoms with E-state index in [0.717, 1.165) is 11.1 Å². The van der Waals surface area contributed by atoms with E-state index < -0.39 is 0 Å². The zero-order valence-corrected chi connectivity index (χ0v) is 20.5. The van der Waals surface area contributed by atoms with Crippen molar-refractivity contribution in [2.45, 2.75) is 31.9 Å². The Kier molecular flexibility index (Phi) is 6.32. The molecule has 0 unspecified atom stereocenters. The first-order valence-corrected chi connectivity index (χ1v) is 11.8. The number of carbonyl (C=O) groups excluding carboxylic acids is 2. The molecule has 1 aromatic heterocycles. The summed E-state index contributed by atoms with van der Waals surface area (Å²) < 4.78 is 17.2. The largest absolute Gasteiger partial charge is 0.495 e. The molecule has 3 aliphatic rings. The van der Waals surface area contributed by atoms with Crippen LogP contribution in [0.25, 0.3) is 0 Å². The highest BCUT2D eigenvalue weighted by molar-refractivity contribution is 6.35. The van der Waals surface area contributed by atoms with Crippen LogP contribution in [-0.4, -0.2) is 36.2 Å². The van der Waals surface area contributed by atoms with Crippen molar-refractivity contribution >= 4 is 35.0 Å². The molecule has 1 aromatic carbocycles. The van der Waals surface area contributed by atoms with Gasteiger partial charge in [0, 0.05) is 18.2 Å². The number of fused-ring (bicyclic) bond motifs is 2. The number of hydrogen-bond donors (Lipinski definition) is 3. The van der Waals surface area contributed by atoms with Crippen molar-refractivity contribution in [1.82, 2.24) is 10.3 Å². The second-order valence-corrected chi connectivity index (χ2v) is 9.05. The lowest BCUT2D eigenvalue weighted by molar-refractivity contribution is -0.116. The second kappa shape index (κ2) is 9.58. The molecule has 0 radical (unpaired) electrons. The minimum Gasteiger partial charge on any atom is -0.495 e. The molecule has 9 nitrogen and oxygen atoms in total. The summed E-state index contributed by atoms with van der Waals surface area (Å²) in [6.07, 6.45) is 6.03. The van der Waals surface area contributed by atoms with Crippen LogP contribution in [0.3, 0.4) is 0 Å². The van der Waals surface area contributed by atoms with Gasteiger partial charge in [0.25, 0.3) is 0 Å². The molecule has 186 valence electrons. The molecule has 3 atom stereocenters. The van der Waals surface area contributed by atoms with Gasteiger partial charge in [-0.3, -0.25) is 4.79 Å². The van der Waals surface area contributed by atoms with E-state index in [2.05, 4.69) is 27.5 Å². The molecule has 2 aliphatic heterocycles. The van der Waals surface area contributed by atoms with Crippen molar-refractivity contribution in [3.63, 3.8) is 0 Å². The minimum absolute atomic E-state index is 0.00762. The maximum atomic E-state index is 12.5. The summed E-state index contributed by atoms with van der Waals surface area (Å²) in [5, 5.41) is 8.75. The fraction of sp³-hybridized carbons (Fsp3) is 0.269. The Morgan fingerprint density at radius 1 is 1.31 bits per heavy atom. The number of rotatable bonds is 6. The molecule has 0 bridgehead atoms. The lowest BCUT2D eigenvalue weighted by Crippen LogP contribution is -2.34. The predicted molar refractivity (Wildman–Crippen MR) is 135 cm³/mol. The van der Waals surface area contributed by atoms with Crippen LogP contribution in [0.5, 0.6) is 11.5 Å². The van der Waals surface area contributed by atoms with Crippen LogP contribution in [0.15, 0.2) is 66.3 Å². The Morgan fingerprint density at radius 3 is 2.89 bits per heavy atom. The van der Waals surface area contributed by atoms with Crippen molar-refractivity contribution in [3.8, 4) is 11.5 Å². The van der Waals surface area contributed by atoms with Crippen molar-refractivity contribution < 1.29 is 23.8 Å². The predicted octanol–water partition coefficient (Wildman–Crippen LogP) is 4.57. The molecule has 5 rings (SSSR count). The Bertz CT molecular complexity index is 1320. The molecule has 3 amide bonds. The number of ether oxygens (including phenoxy) is 3. The molecule has 2 aromatic rings. The van der Waals surface area contributed by atoms with E-state index in [1.165, 1.54) is 7.11 Å². The first-order chi connectivity index (χ1) is 17.4. The average molecular weight is 509 g/mol. The Hall–Kier alpha value is -3.98. The van der Waals surface area contributed by atoms with Gasteiger partial charge in [0.15, 0.2) is 0 Å². The van der Waals surface area contributed by atoms with Crippen LogP contribution in [0, 0.1) is 5.92 Å². The van der Waals surface area contributed by atoms with Gasteiger partial charge in [0.2, 0.25) is 5.91 Å². The molecule has 1 saturated carbocycles. The van der Waals surface area contributed by atoms with Crippen molar-refractivity contribution in [1.29, 1.82) is 0 Å². The van der Waals surface area contributed by atoms with Crippen molar-refractivity contribution in [2.75, 3.05) is 17.7 Å². The highest BCUT2D eigenvalue weighted by Crippen LogP contribution is 2.51. The van der Waals surface area contributed by atoms with Gasteiger partial charge in [-0.25, -0.2) is 9.78 Å². The minimum atomic E-state index is -0.382. The quantitative estimate of drug-likeness (QED) is 0.493. The van der Waals surface area contributed by atoms with Crippen molar-refractivity contribution in [2.24, 2.45) is 5.92 Å². The molecule has 10 heteroatoms. The second-order valence-electron chi connectivity index (χ2n) is 8.67. The number of nitrogens with one attached hydrogen (secondary N) is 3. The Morgan fingerprint density at radius 2 is 2.14 bits per heavy atom. The molecule has 2 fully saturated rings. The number of aromatic nitrogens is 1. The normalized spacial score (nSPS) is 23.2. The number of benzene rings is 1. The number of halogens is 1. The van der Waals surface area contributed by atoms with Gasteiger partial charge < -0.3 is 30.2 Å². The molecule has 3 N–H and O–H groups in total. The van der Waals surface area contributed by atoms with Crippen LogP contribution in [0.1, 0.15) is 18.9 Å². The number of urea groups is 1. The van der Waals surface area contributed by atoms with Gasteiger partial charge >= 0.3 is 6.03 Å². The van der Waals surface area contributed by atoms with Crippen LogP contribution >= 0.6 is 11.6 Å². The third-order valence-electron chi connectivity index (χ3n) is 6.28. The summed E-state index contributed by atoms with van der Waals surface area (Å²) in [6.45, 7) is 5.98. The third-order valence-corrected chi connectivity index (χ3v) is 6.67. The average Bonchev–Trinajstić information content (AvgIpc) is 3.41. The van der Waals surface area contributed by atoms with Crippen LogP contribution in [-0.2, 0) is 16.0 Å². The summed E-state index contributed by atoms with van der Waals surface area (Å²) >= 11 is 6.25. The first-order valence-electron chi connectivity index (χ1n) is 11.5. The van der Waals surface area contributed by atoms with Gasteiger partial charge in [-0.1, -0.05) is 24.2 Å². The van der Waals surface area contributed by atoms with Crippen LogP contribution < -0.4 is 25.4 Å². The molecular weight excluding hydrogens is 484 g/mol. The highest BCUT2D eigenvalue weighted by atomic mass is 35.5. The summed E-state index contributed by atoms with van der Waals surface area (Å²) in [5.74, 6) is 2.95. The summed E-state index contributed by atoms with van der Waals surface area (Å²) in [5.41, 5.74) is 2.15. The number of amides is 3. The van der Waals surface area contributed by atoms with E-state index in [-0.39, 0.29) is 30.0 Å². The molecule has 3 heterocycles. The lowest BCUT2D eigenvalue weighted by Gasteiger charge is -2.18. The van der Waals surface area contributed by atoms with Crippen molar-refractivity contribution in [3.05, 3.63) is 76.9 Å². The number of nitrogens with zero attached hydrogens (tertiary/aromatic N) is 1. The van der Waals surface area contributed by atoms with E-state index in [1.807, 2.05) is 13.0 Å². The molecule has 0 spiro atoms. The topological polar surface area (TPSA) is 111 Å². The molecule has 1 saturated heterocycles. The van der Waals surface area contributed by atoms with E-state index in [1.54, 1.807) is 36.5 Å². The monoisotopic (exact) mass is 508 g/mol. The molecular formula is C26H25ClN4O5. The van der Waals surface area contributed by atoms with Gasteiger partial charge in [-0.15, -0.1) is 0 Å². The lowest BCUT2D eigenvalue weighted by atomic mass is 10.1. The third kappa shape index (κ3) is 4.61. The summed E-state index contributed by atoms with van der Waals surface area (Å²) in [7, 11) is 1.51. The van der Waals surface area contributed by atoms with Gasteiger partial charge in [0.05, 0.1) is 24.8 Å². The number of hydrogen-bond acceptors (Lipinski definition) is 6. The Balaban J connectivity index is 1.17. The zero-order valence-electron chi connectivity index (χ0n) is 19.8. The fourth-order valence-electron chi connectivity index (χ4n) is 4.38. The maximum Gasteiger partial charge on any atom is 0.319 e. The number of allylic oxidation sites excluding steroid dienone is 4. The molecule has 1 aliphatic carbocycles. The van der Waals surface area contributed by atoms with Gasteiger partial charge in [-0.05, 0) is 49.3 Å². The van der Waals surface area contributed by atoms with E-state index in [4.69, 9.17) is 25.8 Å². The van der Waals surface area contributed by atoms with E-state index in [0.29, 0.717) is 52.4 Å². The van der Waals surface area contributed by atoms with Gasteiger partial charge in [-0.2, -0.15) is 0 Å². The van der Waals surface area contributed by atoms with E-state index >= 15 is 0 Å². The van der Waals surface area contributed by atoms with Gasteiger partial charge in [0.1, 0.15) is 40.0 Å². The number of anilines is 2. The number of pyridine rings is 1. The SMILES string of the molecule is C=C1/C(=C\C=C(/C)Oc2ccnc3c2CCC(=O)N3)O[C@@H]2[C@@H](NC(=O)Nc3cccc(OC)c3Cl)[C@H]12. The fourth-order valence-corrected chi connectivity index (χ4v) is 4.63. The first kappa shape index (κ1) is 23.7. The van der Waals surface area contributed by atoms with Crippen LogP contribution in [0.2, 0.25) is 5.02 Å². The maximum absolute atomic E-state index is 12.5. The number of carbonyl (C=O) groups is 2. The smallest absolute Gasteiger partial charge is 0.319 e. The highest BCUT2D eigenvalue weighted by Gasteiger charge is 2.60. The zero-order chi connectivity index (χ0) is 25.4.